The van der Waals surface area contributed by atoms with Crippen molar-refractivity contribution < 1.29 is 0 Å². The number of rotatable bonds is 5. The van der Waals surface area contributed by atoms with Gasteiger partial charge in [-0.15, -0.1) is 0 Å². The standard InChI is InChI=1S/C16H27N3/c1-4-17-11-15(14-8-6-5-7-9-14)10-16-12-19(3)18-13(16)2/h10,12,14,17H,4-9,11H2,1-3H3. The summed E-state index contributed by atoms with van der Waals surface area (Å²) in [5, 5.41) is 7.94. The number of nitrogens with one attached hydrogen (secondary N) is 1. The van der Waals surface area contributed by atoms with Crippen LogP contribution in [-0.2, 0) is 7.05 Å². The van der Waals surface area contributed by atoms with Gasteiger partial charge in [0.15, 0.2) is 0 Å². The molecule has 1 fully saturated rings. The fraction of sp³-hybridized carbons (Fsp3) is 0.688. The molecule has 1 aliphatic rings. The topological polar surface area (TPSA) is 29.9 Å². The van der Waals surface area contributed by atoms with Gasteiger partial charge in [-0.25, -0.2) is 0 Å². The van der Waals surface area contributed by atoms with Gasteiger partial charge in [-0.2, -0.15) is 5.10 Å². The van der Waals surface area contributed by atoms with Gasteiger partial charge < -0.3 is 5.32 Å². The summed E-state index contributed by atoms with van der Waals surface area (Å²) in [5.41, 5.74) is 3.98. The molecule has 1 saturated carbocycles. The van der Waals surface area contributed by atoms with Gasteiger partial charge in [0.2, 0.25) is 0 Å². The molecule has 1 aromatic heterocycles. The lowest BCUT2D eigenvalue weighted by Gasteiger charge is -2.25. The predicted octanol–water partition coefficient (Wildman–Crippen LogP) is 3.30. The SMILES string of the molecule is CCNCC(=Cc1cn(C)nc1C)C1CCCCC1. The normalized spacial score (nSPS) is 17.9. The van der Waals surface area contributed by atoms with Crippen molar-refractivity contribution >= 4 is 6.08 Å². The molecule has 0 aromatic carbocycles. The number of hydrogen-bond donors (Lipinski definition) is 1. The minimum Gasteiger partial charge on any atom is -0.313 e. The van der Waals surface area contributed by atoms with E-state index in [4.69, 9.17) is 0 Å². The Kier molecular flexibility index (Phi) is 5.20. The zero-order chi connectivity index (χ0) is 13.7. The average Bonchev–Trinajstić information content (AvgIpc) is 2.73. The van der Waals surface area contributed by atoms with Crippen molar-refractivity contribution in [3.05, 3.63) is 23.0 Å². The maximum Gasteiger partial charge on any atom is 0.0665 e. The van der Waals surface area contributed by atoms with E-state index in [-0.39, 0.29) is 0 Å². The van der Waals surface area contributed by atoms with Crippen molar-refractivity contribution in [2.75, 3.05) is 13.1 Å². The lowest BCUT2D eigenvalue weighted by atomic mass is 9.83. The Morgan fingerprint density at radius 1 is 1.42 bits per heavy atom. The zero-order valence-corrected chi connectivity index (χ0v) is 12.6. The molecule has 3 heteroatoms. The van der Waals surface area contributed by atoms with Crippen molar-refractivity contribution in [3.63, 3.8) is 0 Å². The Hall–Kier alpha value is -1.09. The van der Waals surface area contributed by atoms with Gasteiger partial charge in [-0.05, 0) is 32.2 Å². The number of hydrogen-bond acceptors (Lipinski definition) is 2. The Labute approximate surface area is 117 Å². The van der Waals surface area contributed by atoms with Crippen molar-refractivity contribution in [1.29, 1.82) is 0 Å². The highest BCUT2D eigenvalue weighted by Crippen LogP contribution is 2.30. The van der Waals surface area contributed by atoms with Gasteiger partial charge in [0.05, 0.1) is 5.69 Å². The van der Waals surface area contributed by atoms with Gasteiger partial charge in [-0.1, -0.05) is 37.8 Å². The Balaban J connectivity index is 2.17. The van der Waals surface area contributed by atoms with E-state index in [1.165, 1.54) is 37.7 Å². The number of nitrogens with zero attached hydrogens (tertiary/aromatic N) is 2. The van der Waals surface area contributed by atoms with Gasteiger partial charge in [0.25, 0.3) is 0 Å². The van der Waals surface area contributed by atoms with Crippen LogP contribution < -0.4 is 5.32 Å². The molecule has 1 aromatic rings. The van der Waals surface area contributed by atoms with Crippen molar-refractivity contribution in [3.8, 4) is 0 Å². The first-order valence-electron chi connectivity index (χ1n) is 7.62. The summed E-state index contributed by atoms with van der Waals surface area (Å²) in [6, 6.07) is 0. The summed E-state index contributed by atoms with van der Waals surface area (Å²) >= 11 is 0. The van der Waals surface area contributed by atoms with Crippen LogP contribution in [0.3, 0.4) is 0 Å². The van der Waals surface area contributed by atoms with Crippen molar-refractivity contribution in [1.82, 2.24) is 15.1 Å². The van der Waals surface area contributed by atoms with Crippen LogP contribution in [0.1, 0.15) is 50.3 Å². The van der Waals surface area contributed by atoms with Crippen LogP contribution in [0.4, 0.5) is 0 Å². The summed E-state index contributed by atoms with van der Waals surface area (Å²) in [6.07, 6.45) is 11.4. The maximum absolute atomic E-state index is 4.44. The third kappa shape index (κ3) is 3.93. The fourth-order valence-corrected chi connectivity index (χ4v) is 3.02. The van der Waals surface area contributed by atoms with E-state index in [1.54, 1.807) is 5.57 Å². The Bertz CT molecular complexity index is 425. The number of likely N-dealkylation sites (N-methyl/N-ethyl adjacent to an activating group) is 1. The van der Waals surface area contributed by atoms with Crippen LogP contribution in [-0.4, -0.2) is 22.9 Å². The summed E-state index contributed by atoms with van der Waals surface area (Å²) in [7, 11) is 1.99. The zero-order valence-electron chi connectivity index (χ0n) is 12.6. The molecular weight excluding hydrogens is 234 g/mol. The smallest absolute Gasteiger partial charge is 0.0665 e. The van der Waals surface area contributed by atoms with Crippen LogP contribution in [0.2, 0.25) is 0 Å². The summed E-state index contributed by atoms with van der Waals surface area (Å²) in [5.74, 6) is 0.771. The monoisotopic (exact) mass is 261 g/mol. The van der Waals surface area contributed by atoms with E-state index in [2.05, 4.69) is 36.5 Å². The molecule has 3 nitrogen and oxygen atoms in total. The summed E-state index contributed by atoms with van der Waals surface area (Å²) in [6.45, 7) is 6.33. The van der Waals surface area contributed by atoms with Gasteiger partial charge in [0.1, 0.15) is 0 Å². The van der Waals surface area contributed by atoms with Crippen LogP contribution in [0.5, 0.6) is 0 Å². The third-order valence-corrected chi connectivity index (χ3v) is 4.10. The maximum atomic E-state index is 4.44. The van der Waals surface area contributed by atoms with Crippen molar-refractivity contribution in [2.45, 2.75) is 46.0 Å². The molecule has 2 rings (SSSR count). The van der Waals surface area contributed by atoms with Crippen molar-refractivity contribution in [2.24, 2.45) is 13.0 Å². The molecule has 106 valence electrons. The largest absolute Gasteiger partial charge is 0.313 e. The minimum atomic E-state index is 0.771. The Morgan fingerprint density at radius 2 is 2.16 bits per heavy atom. The second-order valence-corrected chi connectivity index (χ2v) is 5.68. The van der Waals surface area contributed by atoms with E-state index < -0.39 is 0 Å². The van der Waals surface area contributed by atoms with E-state index in [9.17, 15) is 0 Å². The van der Waals surface area contributed by atoms with Gasteiger partial charge in [0, 0.05) is 25.4 Å². The molecule has 1 heterocycles. The first kappa shape index (κ1) is 14.3. The number of aromatic nitrogens is 2. The van der Waals surface area contributed by atoms with E-state index in [1.807, 2.05) is 11.7 Å². The molecular formula is C16H27N3. The summed E-state index contributed by atoms with van der Waals surface area (Å²) < 4.78 is 1.91. The highest BCUT2D eigenvalue weighted by atomic mass is 15.2. The quantitative estimate of drug-likeness (QED) is 0.881. The van der Waals surface area contributed by atoms with E-state index in [0.717, 1.165) is 24.7 Å². The van der Waals surface area contributed by atoms with Gasteiger partial charge >= 0.3 is 0 Å². The van der Waals surface area contributed by atoms with Crippen LogP contribution >= 0.6 is 0 Å². The second kappa shape index (κ2) is 6.90. The second-order valence-electron chi connectivity index (χ2n) is 5.68. The lowest BCUT2D eigenvalue weighted by molar-refractivity contribution is 0.397. The van der Waals surface area contributed by atoms with E-state index in [0.29, 0.717) is 0 Å². The number of aryl methyl sites for hydroxylation is 2. The molecule has 0 saturated heterocycles. The third-order valence-electron chi connectivity index (χ3n) is 4.10. The molecule has 0 aliphatic heterocycles. The molecule has 0 radical (unpaired) electrons. The average molecular weight is 261 g/mol. The highest BCUT2D eigenvalue weighted by molar-refractivity contribution is 5.55. The van der Waals surface area contributed by atoms with Gasteiger partial charge in [-0.3, -0.25) is 4.68 Å². The minimum absolute atomic E-state index is 0.771. The first-order valence-corrected chi connectivity index (χ1v) is 7.62. The first-order chi connectivity index (χ1) is 9.20. The van der Waals surface area contributed by atoms with Crippen LogP contribution in [0, 0.1) is 12.8 Å². The fourth-order valence-electron chi connectivity index (χ4n) is 3.02. The predicted molar refractivity (Wildman–Crippen MR) is 81.0 cm³/mol. The molecule has 0 bridgehead atoms. The lowest BCUT2D eigenvalue weighted by Crippen LogP contribution is -2.22. The molecule has 19 heavy (non-hydrogen) atoms. The Morgan fingerprint density at radius 3 is 2.74 bits per heavy atom. The highest BCUT2D eigenvalue weighted by Gasteiger charge is 2.18. The summed E-state index contributed by atoms with van der Waals surface area (Å²) in [4.78, 5) is 0. The van der Waals surface area contributed by atoms with Crippen LogP contribution in [0.25, 0.3) is 6.08 Å². The molecule has 0 unspecified atom stereocenters. The molecule has 1 N–H and O–H groups in total. The van der Waals surface area contributed by atoms with Crippen LogP contribution in [0.15, 0.2) is 11.8 Å². The molecule has 1 aliphatic carbocycles. The molecule has 0 spiro atoms. The van der Waals surface area contributed by atoms with E-state index >= 15 is 0 Å². The molecule has 0 amide bonds. The molecule has 0 atom stereocenters.